The molecule has 2 saturated heterocycles. The number of carbonyl (C=O) groups is 1. The SMILES string of the molecule is CCCn1cc(Cl)cc1C(=O)N1CC(N2CCNCC2)C1. The van der Waals surface area contributed by atoms with E-state index in [-0.39, 0.29) is 5.91 Å². The molecule has 2 aliphatic heterocycles. The molecular formula is C15H23ClN4O. The van der Waals surface area contributed by atoms with Crippen molar-refractivity contribution < 1.29 is 4.79 Å². The van der Waals surface area contributed by atoms with Gasteiger partial charge in [0.1, 0.15) is 5.69 Å². The Hall–Kier alpha value is -1.04. The van der Waals surface area contributed by atoms with E-state index in [2.05, 4.69) is 17.1 Å². The lowest BCUT2D eigenvalue weighted by Crippen LogP contribution is -2.64. The number of rotatable bonds is 4. The summed E-state index contributed by atoms with van der Waals surface area (Å²) in [7, 11) is 0. The van der Waals surface area contributed by atoms with Gasteiger partial charge in [0.15, 0.2) is 0 Å². The van der Waals surface area contributed by atoms with Crippen molar-refractivity contribution in [2.24, 2.45) is 0 Å². The van der Waals surface area contributed by atoms with Crippen LogP contribution in [0, 0.1) is 0 Å². The second-order valence-corrected chi connectivity index (χ2v) is 6.32. The number of aromatic nitrogens is 1. The van der Waals surface area contributed by atoms with Gasteiger partial charge in [-0.05, 0) is 12.5 Å². The summed E-state index contributed by atoms with van der Waals surface area (Å²) in [6, 6.07) is 2.32. The zero-order valence-corrected chi connectivity index (χ0v) is 13.3. The minimum atomic E-state index is 0.113. The van der Waals surface area contributed by atoms with Crippen LogP contribution in [0.15, 0.2) is 12.3 Å². The van der Waals surface area contributed by atoms with Crippen LogP contribution in [0.1, 0.15) is 23.8 Å². The number of nitrogens with zero attached hydrogens (tertiary/aromatic N) is 3. The average molecular weight is 311 g/mol. The molecule has 0 bridgehead atoms. The molecule has 1 amide bonds. The maximum absolute atomic E-state index is 12.6. The Labute approximate surface area is 130 Å². The van der Waals surface area contributed by atoms with Crippen molar-refractivity contribution >= 4 is 17.5 Å². The Morgan fingerprint density at radius 1 is 1.38 bits per heavy atom. The van der Waals surface area contributed by atoms with Gasteiger partial charge in [-0.3, -0.25) is 9.69 Å². The summed E-state index contributed by atoms with van der Waals surface area (Å²) < 4.78 is 1.98. The minimum absolute atomic E-state index is 0.113. The van der Waals surface area contributed by atoms with Gasteiger partial charge in [0.25, 0.3) is 5.91 Å². The van der Waals surface area contributed by atoms with Gasteiger partial charge in [-0.15, -0.1) is 0 Å². The van der Waals surface area contributed by atoms with E-state index in [0.717, 1.165) is 57.9 Å². The number of nitrogens with one attached hydrogen (secondary N) is 1. The van der Waals surface area contributed by atoms with Gasteiger partial charge >= 0.3 is 0 Å². The average Bonchev–Trinajstić information content (AvgIpc) is 2.80. The summed E-state index contributed by atoms with van der Waals surface area (Å²) in [4.78, 5) is 17.0. The standard InChI is InChI=1S/C15H23ClN4O/c1-2-5-19-9-12(16)8-14(19)15(21)20-10-13(11-20)18-6-3-17-4-7-18/h8-9,13,17H,2-7,10-11H2,1H3. The molecule has 0 atom stereocenters. The molecule has 0 saturated carbocycles. The van der Waals surface area contributed by atoms with Gasteiger partial charge in [0.05, 0.1) is 5.02 Å². The summed E-state index contributed by atoms with van der Waals surface area (Å²) in [5.74, 6) is 0.113. The predicted molar refractivity (Wildman–Crippen MR) is 83.9 cm³/mol. The van der Waals surface area contributed by atoms with Crippen molar-refractivity contribution in [1.82, 2.24) is 19.7 Å². The van der Waals surface area contributed by atoms with Crippen molar-refractivity contribution in [2.45, 2.75) is 25.9 Å². The second-order valence-electron chi connectivity index (χ2n) is 5.89. The molecule has 2 fully saturated rings. The second kappa shape index (κ2) is 6.38. The van der Waals surface area contributed by atoms with Crippen LogP contribution in [0.25, 0.3) is 0 Å². The topological polar surface area (TPSA) is 40.5 Å². The van der Waals surface area contributed by atoms with Crippen LogP contribution in [-0.2, 0) is 6.54 Å². The number of carbonyl (C=O) groups excluding carboxylic acids is 1. The molecule has 0 unspecified atom stereocenters. The first-order chi connectivity index (χ1) is 10.2. The van der Waals surface area contributed by atoms with Crippen LogP contribution in [0.2, 0.25) is 5.02 Å². The Morgan fingerprint density at radius 3 is 2.76 bits per heavy atom. The molecule has 5 nitrogen and oxygen atoms in total. The Morgan fingerprint density at radius 2 is 2.10 bits per heavy atom. The van der Waals surface area contributed by atoms with E-state index >= 15 is 0 Å². The summed E-state index contributed by atoms with van der Waals surface area (Å²) in [6.45, 7) is 8.91. The number of aryl methyl sites for hydroxylation is 1. The highest BCUT2D eigenvalue weighted by Crippen LogP contribution is 2.21. The van der Waals surface area contributed by atoms with Crippen LogP contribution in [-0.4, -0.2) is 65.6 Å². The number of hydrogen-bond donors (Lipinski definition) is 1. The molecule has 0 aromatic carbocycles. The van der Waals surface area contributed by atoms with Crippen LogP contribution in [0.3, 0.4) is 0 Å². The zero-order valence-electron chi connectivity index (χ0n) is 12.5. The van der Waals surface area contributed by atoms with Crippen LogP contribution < -0.4 is 5.32 Å². The molecule has 1 N–H and O–H groups in total. The van der Waals surface area contributed by atoms with Crippen molar-refractivity contribution in [2.75, 3.05) is 39.3 Å². The lowest BCUT2D eigenvalue weighted by molar-refractivity contribution is 0.0219. The van der Waals surface area contributed by atoms with E-state index in [1.165, 1.54) is 0 Å². The van der Waals surface area contributed by atoms with Gasteiger partial charge in [-0.2, -0.15) is 0 Å². The third-order valence-electron chi connectivity index (χ3n) is 4.36. The highest BCUT2D eigenvalue weighted by Gasteiger charge is 2.36. The molecule has 1 aromatic heterocycles. The van der Waals surface area contributed by atoms with Gasteiger partial charge in [0.2, 0.25) is 0 Å². The van der Waals surface area contributed by atoms with E-state index in [0.29, 0.717) is 11.1 Å². The third-order valence-corrected chi connectivity index (χ3v) is 4.57. The van der Waals surface area contributed by atoms with Crippen LogP contribution in [0.4, 0.5) is 0 Å². The quantitative estimate of drug-likeness (QED) is 0.911. The van der Waals surface area contributed by atoms with E-state index in [4.69, 9.17) is 11.6 Å². The number of likely N-dealkylation sites (tertiary alicyclic amines) is 1. The molecule has 0 radical (unpaired) electrons. The first kappa shape index (κ1) is 14.9. The summed E-state index contributed by atoms with van der Waals surface area (Å²) in [5.41, 5.74) is 0.723. The summed E-state index contributed by atoms with van der Waals surface area (Å²) in [6.07, 6.45) is 2.85. The highest BCUT2D eigenvalue weighted by molar-refractivity contribution is 6.31. The first-order valence-electron chi connectivity index (χ1n) is 7.78. The molecule has 116 valence electrons. The number of hydrogen-bond acceptors (Lipinski definition) is 3. The van der Waals surface area contributed by atoms with Gasteiger partial charge in [-0.25, -0.2) is 0 Å². The monoisotopic (exact) mass is 310 g/mol. The smallest absolute Gasteiger partial charge is 0.270 e. The fourth-order valence-electron chi connectivity index (χ4n) is 3.14. The molecule has 6 heteroatoms. The maximum Gasteiger partial charge on any atom is 0.270 e. The van der Waals surface area contributed by atoms with Crippen LogP contribution in [0.5, 0.6) is 0 Å². The number of amides is 1. The molecule has 1 aromatic rings. The first-order valence-corrected chi connectivity index (χ1v) is 8.16. The van der Waals surface area contributed by atoms with E-state index in [1.54, 1.807) is 6.07 Å². The lowest BCUT2D eigenvalue weighted by atomic mass is 10.1. The van der Waals surface area contributed by atoms with E-state index < -0.39 is 0 Å². The fraction of sp³-hybridized carbons (Fsp3) is 0.667. The molecule has 3 heterocycles. The molecule has 2 aliphatic rings. The summed E-state index contributed by atoms with van der Waals surface area (Å²) >= 11 is 6.05. The Balaban J connectivity index is 1.60. The normalized spacial score (nSPS) is 20.6. The van der Waals surface area contributed by atoms with Gasteiger partial charge < -0.3 is 14.8 Å². The fourth-order valence-corrected chi connectivity index (χ4v) is 3.36. The molecule has 0 aliphatic carbocycles. The molecule has 3 rings (SSSR count). The van der Waals surface area contributed by atoms with E-state index in [1.807, 2.05) is 15.7 Å². The third kappa shape index (κ3) is 3.10. The van der Waals surface area contributed by atoms with Crippen LogP contribution >= 0.6 is 11.6 Å². The summed E-state index contributed by atoms with van der Waals surface area (Å²) in [5, 5.41) is 4.01. The highest BCUT2D eigenvalue weighted by atomic mass is 35.5. The van der Waals surface area contributed by atoms with Crippen molar-refractivity contribution in [3.63, 3.8) is 0 Å². The van der Waals surface area contributed by atoms with Gasteiger partial charge in [-0.1, -0.05) is 18.5 Å². The van der Waals surface area contributed by atoms with Crippen molar-refractivity contribution in [1.29, 1.82) is 0 Å². The predicted octanol–water partition coefficient (Wildman–Crippen LogP) is 1.28. The Bertz CT molecular complexity index is 504. The number of piperazine rings is 1. The molecule has 21 heavy (non-hydrogen) atoms. The van der Waals surface area contributed by atoms with Crippen molar-refractivity contribution in [3.05, 3.63) is 23.0 Å². The van der Waals surface area contributed by atoms with E-state index in [9.17, 15) is 4.79 Å². The Kier molecular flexibility index (Phi) is 4.52. The van der Waals surface area contributed by atoms with Crippen molar-refractivity contribution in [3.8, 4) is 0 Å². The molecule has 0 spiro atoms. The zero-order chi connectivity index (χ0) is 14.8. The maximum atomic E-state index is 12.6. The largest absolute Gasteiger partial charge is 0.342 e. The van der Waals surface area contributed by atoms with Gasteiger partial charge in [0, 0.05) is 58.1 Å². The minimum Gasteiger partial charge on any atom is -0.342 e. The molecular weight excluding hydrogens is 288 g/mol. The number of halogens is 1. The lowest BCUT2D eigenvalue weighted by Gasteiger charge is -2.46.